The molecule has 0 radical (unpaired) electrons. The molecule has 1 aliphatic rings. The molecule has 0 aromatic heterocycles. The first-order valence-corrected chi connectivity index (χ1v) is 7.05. The summed E-state index contributed by atoms with van der Waals surface area (Å²) >= 11 is 4.98. The van der Waals surface area contributed by atoms with Crippen LogP contribution in [0.1, 0.15) is 0 Å². The molecule has 0 spiro atoms. The Morgan fingerprint density at radius 2 is 1.94 bits per heavy atom. The SMILES string of the molecule is O=C1[C@H](CS(=O)(=O)O)NC(=S)N1c1ccccc1. The van der Waals surface area contributed by atoms with Crippen LogP contribution in [0, 0.1) is 0 Å². The molecule has 1 aromatic carbocycles. The lowest BCUT2D eigenvalue weighted by Crippen LogP contribution is -2.36. The Labute approximate surface area is 109 Å². The summed E-state index contributed by atoms with van der Waals surface area (Å²) < 4.78 is 30.3. The lowest BCUT2D eigenvalue weighted by molar-refractivity contribution is -0.117. The van der Waals surface area contributed by atoms with Crippen molar-refractivity contribution in [1.82, 2.24) is 5.32 Å². The van der Waals surface area contributed by atoms with E-state index in [2.05, 4.69) is 5.32 Å². The zero-order valence-electron chi connectivity index (χ0n) is 9.11. The van der Waals surface area contributed by atoms with E-state index in [9.17, 15) is 13.2 Å². The van der Waals surface area contributed by atoms with Gasteiger partial charge in [0.05, 0.1) is 5.69 Å². The standard InChI is InChI=1S/C10H10N2O4S2/c13-9-8(6-18(14,15)16)11-10(17)12(9)7-4-2-1-3-5-7/h1-5,8H,6H2,(H,11,17)(H,14,15,16)/t8-/m0/s1. The molecule has 2 rings (SSSR count). The molecule has 1 heterocycles. The van der Waals surface area contributed by atoms with Crippen molar-refractivity contribution in [1.29, 1.82) is 0 Å². The molecule has 0 saturated carbocycles. The molecule has 0 aliphatic carbocycles. The number of carbonyl (C=O) groups is 1. The van der Waals surface area contributed by atoms with Gasteiger partial charge in [0, 0.05) is 0 Å². The molecule has 1 aromatic rings. The van der Waals surface area contributed by atoms with Gasteiger partial charge in [0.15, 0.2) is 5.11 Å². The van der Waals surface area contributed by atoms with Crippen molar-refractivity contribution < 1.29 is 17.8 Å². The summed E-state index contributed by atoms with van der Waals surface area (Å²) in [5.41, 5.74) is 0.554. The number of nitrogens with zero attached hydrogens (tertiary/aromatic N) is 1. The minimum absolute atomic E-state index is 0.125. The van der Waals surface area contributed by atoms with Crippen LogP contribution < -0.4 is 10.2 Å². The van der Waals surface area contributed by atoms with Gasteiger partial charge in [0.1, 0.15) is 11.8 Å². The molecule has 2 N–H and O–H groups in total. The third kappa shape index (κ3) is 2.66. The zero-order chi connectivity index (χ0) is 13.3. The molecule has 0 bridgehead atoms. The van der Waals surface area contributed by atoms with Crippen molar-refractivity contribution in [2.45, 2.75) is 6.04 Å². The highest BCUT2D eigenvalue weighted by atomic mass is 32.2. The maximum atomic E-state index is 12.0. The maximum Gasteiger partial charge on any atom is 0.267 e. The number of carbonyl (C=O) groups excluding carboxylic acids is 1. The van der Waals surface area contributed by atoms with E-state index < -0.39 is 27.8 Å². The van der Waals surface area contributed by atoms with E-state index in [1.165, 1.54) is 4.90 Å². The van der Waals surface area contributed by atoms with Crippen molar-refractivity contribution in [3.05, 3.63) is 30.3 Å². The van der Waals surface area contributed by atoms with Crippen LogP contribution in [-0.4, -0.2) is 35.8 Å². The van der Waals surface area contributed by atoms with E-state index in [0.29, 0.717) is 5.69 Å². The second-order valence-corrected chi connectivity index (χ2v) is 5.64. The fourth-order valence-corrected chi connectivity index (χ4v) is 2.66. The van der Waals surface area contributed by atoms with Gasteiger partial charge in [-0.1, -0.05) is 18.2 Å². The van der Waals surface area contributed by atoms with Crippen LogP contribution in [0.4, 0.5) is 5.69 Å². The van der Waals surface area contributed by atoms with E-state index in [-0.39, 0.29) is 5.11 Å². The van der Waals surface area contributed by atoms with Gasteiger partial charge < -0.3 is 5.32 Å². The number of rotatable bonds is 3. The molecular weight excluding hydrogens is 276 g/mol. The number of thiocarbonyl (C=S) groups is 1. The van der Waals surface area contributed by atoms with Gasteiger partial charge in [-0.15, -0.1) is 0 Å². The zero-order valence-corrected chi connectivity index (χ0v) is 10.7. The first kappa shape index (κ1) is 12.9. The summed E-state index contributed by atoms with van der Waals surface area (Å²) in [6.45, 7) is 0. The predicted molar refractivity (Wildman–Crippen MR) is 69.9 cm³/mol. The minimum Gasteiger partial charge on any atom is -0.349 e. The van der Waals surface area contributed by atoms with Gasteiger partial charge in [-0.05, 0) is 24.4 Å². The van der Waals surface area contributed by atoms with Gasteiger partial charge in [-0.2, -0.15) is 8.42 Å². The number of anilines is 1. The topological polar surface area (TPSA) is 86.7 Å². The summed E-state index contributed by atoms with van der Waals surface area (Å²) in [7, 11) is -4.24. The highest BCUT2D eigenvalue weighted by Gasteiger charge is 2.38. The van der Waals surface area contributed by atoms with Crippen molar-refractivity contribution in [2.75, 3.05) is 10.7 Å². The molecular formula is C10H10N2O4S2. The fourth-order valence-electron chi connectivity index (χ4n) is 1.68. The summed E-state index contributed by atoms with van der Waals surface area (Å²) in [6, 6.07) is 7.58. The van der Waals surface area contributed by atoms with E-state index in [1.54, 1.807) is 30.3 Å². The molecule has 0 unspecified atom stereocenters. The monoisotopic (exact) mass is 286 g/mol. The Balaban J connectivity index is 2.26. The van der Waals surface area contributed by atoms with E-state index in [4.69, 9.17) is 16.8 Å². The Morgan fingerprint density at radius 1 is 1.33 bits per heavy atom. The van der Waals surface area contributed by atoms with E-state index in [1.807, 2.05) is 0 Å². The van der Waals surface area contributed by atoms with Gasteiger partial charge in [0.25, 0.3) is 16.0 Å². The smallest absolute Gasteiger partial charge is 0.267 e. The molecule has 8 heteroatoms. The molecule has 1 saturated heterocycles. The Hall–Kier alpha value is -1.51. The summed E-state index contributed by atoms with van der Waals surface area (Å²) in [4.78, 5) is 13.2. The lowest BCUT2D eigenvalue weighted by Gasteiger charge is -2.14. The van der Waals surface area contributed by atoms with Gasteiger partial charge in [-0.25, -0.2) is 0 Å². The average molecular weight is 286 g/mol. The Kier molecular flexibility index (Phi) is 3.33. The highest BCUT2D eigenvalue weighted by Crippen LogP contribution is 2.19. The molecule has 6 nitrogen and oxygen atoms in total. The normalized spacial score (nSPS) is 20.1. The van der Waals surface area contributed by atoms with Crippen LogP contribution in [0.5, 0.6) is 0 Å². The number of amides is 1. The largest absolute Gasteiger partial charge is 0.349 e. The molecule has 1 fully saturated rings. The number of para-hydroxylation sites is 1. The second-order valence-electron chi connectivity index (χ2n) is 3.76. The van der Waals surface area contributed by atoms with Crippen molar-refractivity contribution in [2.24, 2.45) is 0 Å². The number of benzene rings is 1. The first-order chi connectivity index (χ1) is 8.38. The van der Waals surface area contributed by atoms with Crippen LogP contribution >= 0.6 is 12.2 Å². The van der Waals surface area contributed by atoms with Crippen LogP contribution in [-0.2, 0) is 14.9 Å². The van der Waals surface area contributed by atoms with Gasteiger partial charge in [0.2, 0.25) is 0 Å². The van der Waals surface area contributed by atoms with Crippen molar-refractivity contribution in [3.63, 3.8) is 0 Å². The maximum absolute atomic E-state index is 12.0. The fraction of sp³-hybridized carbons (Fsp3) is 0.200. The van der Waals surface area contributed by atoms with Crippen LogP contribution in [0.3, 0.4) is 0 Å². The third-order valence-corrected chi connectivity index (χ3v) is 3.47. The summed E-state index contributed by atoms with van der Waals surface area (Å²) in [5, 5.41) is 2.70. The predicted octanol–water partition coefficient (Wildman–Crippen LogP) is 0.164. The minimum atomic E-state index is -4.24. The number of nitrogens with one attached hydrogen (secondary N) is 1. The Morgan fingerprint density at radius 3 is 2.50 bits per heavy atom. The number of hydrogen-bond donors (Lipinski definition) is 2. The van der Waals surface area contributed by atoms with Gasteiger partial charge >= 0.3 is 0 Å². The van der Waals surface area contributed by atoms with Crippen LogP contribution in [0.15, 0.2) is 30.3 Å². The molecule has 18 heavy (non-hydrogen) atoms. The van der Waals surface area contributed by atoms with Crippen LogP contribution in [0.2, 0.25) is 0 Å². The summed E-state index contributed by atoms with van der Waals surface area (Å²) in [5.74, 6) is -1.20. The molecule has 1 amide bonds. The molecule has 1 aliphatic heterocycles. The quantitative estimate of drug-likeness (QED) is 0.608. The third-order valence-electron chi connectivity index (χ3n) is 2.41. The lowest BCUT2D eigenvalue weighted by atomic mass is 10.3. The van der Waals surface area contributed by atoms with Crippen molar-refractivity contribution in [3.8, 4) is 0 Å². The number of hydrogen-bond acceptors (Lipinski definition) is 4. The average Bonchev–Trinajstić information content (AvgIpc) is 2.53. The first-order valence-electron chi connectivity index (χ1n) is 5.03. The van der Waals surface area contributed by atoms with E-state index in [0.717, 1.165) is 0 Å². The Bertz CT molecular complexity index is 585. The molecule has 96 valence electrons. The van der Waals surface area contributed by atoms with E-state index >= 15 is 0 Å². The highest BCUT2D eigenvalue weighted by molar-refractivity contribution is 7.85. The van der Waals surface area contributed by atoms with Gasteiger partial charge in [-0.3, -0.25) is 14.2 Å². The second kappa shape index (κ2) is 4.63. The van der Waals surface area contributed by atoms with Crippen molar-refractivity contribution >= 4 is 39.0 Å². The molecule has 1 atom stereocenters. The summed E-state index contributed by atoms with van der Waals surface area (Å²) in [6.07, 6.45) is 0. The van der Waals surface area contributed by atoms with Crippen LogP contribution in [0.25, 0.3) is 0 Å².